The number of Topliss-reactive ketones (excluding diaryl/α,β-unsaturated/α-hetero) is 2. The Labute approximate surface area is 492 Å². The monoisotopic (exact) mass is 1160 g/mol. The molecule has 4 aliphatic heterocycles. The number of carbonyl (C=O) groups is 3. The van der Waals surface area contributed by atoms with Crippen LogP contribution in [0.25, 0.3) is 0 Å². The molecule has 436 valence electrons. The van der Waals surface area contributed by atoms with Crippen molar-refractivity contribution >= 4 is 39.4 Å². The fraction of sp³-hybridized carbons (Fsp3) is 0.574. The topological polar surface area (TPSA) is 215 Å². The first-order valence-corrected chi connectivity index (χ1v) is 33.4. The molecular formula is C68H76N2O11S2. The van der Waals surface area contributed by atoms with E-state index < -0.39 is 70.2 Å². The number of allylic oxidation sites excluding steroid dienone is 6. The summed E-state index contributed by atoms with van der Waals surface area (Å²) in [4.78, 5) is 45.4. The average molecular weight is 1160 g/mol. The zero-order chi connectivity index (χ0) is 56.7. The lowest BCUT2D eigenvalue weighted by Crippen LogP contribution is -2.88. The summed E-state index contributed by atoms with van der Waals surface area (Å²) >= 11 is 0. The molecule has 83 heavy (non-hydrogen) atoms. The maximum absolute atomic E-state index is 15.9. The smallest absolute Gasteiger partial charge is 0.240 e. The third kappa shape index (κ3) is 7.28. The van der Waals surface area contributed by atoms with Crippen molar-refractivity contribution in [2.75, 3.05) is 24.8 Å². The van der Waals surface area contributed by atoms with Crippen LogP contribution in [0.5, 0.6) is 5.75 Å². The van der Waals surface area contributed by atoms with Gasteiger partial charge in [-0.3, -0.25) is 9.59 Å². The second-order valence-corrected chi connectivity index (χ2v) is 31.1. The fourth-order valence-corrected chi connectivity index (χ4v) is 24.4. The molecule has 17 rings (SSSR count). The van der Waals surface area contributed by atoms with Crippen LogP contribution >= 0.6 is 21.6 Å². The summed E-state index contributed by atoms with van der Waals surface area (Å²) in [6.45, 7) is -0.243. The molecular weight excluding hydrogens is 1080 g/mol. The Hall–Kier alpha value is -4.71. The Morgan fingerprint density at radius 2 is 1.63 bits per heavy atom. The number of aldehydes is 1. The second kappa shape index (κ2) is 18.7. The van der Waals surface area contributed by atoms with Gasteiger partial charge in [-0.15, -0.1) is 0 Å². The van der Waals surface area contributed by atoms with Crippen LogP contribution in [0.2, 0.25) is 0 Å². The Kier molecular flexibility index (Phi) is 12.1. The Bertz CT molecular complexity index is 3400. The standard InChI is InChI=1S/C68H76N2O11S2/c71-30-41-9-4-8-39(19-41)20-42-21-51-56(75)46-10-5-11-52-55(46)58(76)65(51,53(74)22-42)36-82-83-37-70-54-25-50-48(29-69-54)43-23-44-28-63(33-62(27-45(63)31-72)17-16-61(32-62)14-12-40(26-61)18-38-6-2-1-3-7-38)34-64(44,50)57-47(24-43)49-13-15-67(80-52)60(78)68(57,79)59(77)66(49,35-73)81-67/h1-11,19,21-22,25,31,40,43-45,47,49,51,57,59-60,69-71,73-74,77-79H,12-18,20,23-24,26-30,32-37H2/t40-,43-,44-,45+,47+,49-,51+,57+,59+,60-,61+,62-,63+,64-,65-,66-,67+,68-/m0/s1. The molecule has 3 aromatic rings. The minimum Gasteiger partial charge on any atom is -0.511 e. The highest BCUT2D eigenvalue weighted by molar-refractivity contribution is 8.76. The van der Waals surface area contributed by atoms with Crippen LogP contribution in [0.3, 0.4) is 0 Å². The molecule has 0 unspecified atom stereocenters. The molecule has 15 heteroatoms. The molecule has 0 radical (unpaired) electrons. The largest absolute Gasteiger partial charge is 0.511 e. The third-order valence-corrected chi connectivity index (χ3v) is 27.1. The predicted molar refractivity (Wildman–Crippen MR) is 313 cm³/mol. The molecule has 8 fully saturated rings. The number of ketones is 2. The number of hydrogen-bond acceptors (Lipinski definition) is 15. The SMILES string of the molecule is O=C[C@H]1C[C@]2(CC[C@@]3(CC[C@@H](Cc4ccccc4)C3)C2)C[C@@]12C[C@@H]1C[C@H]3C[C@H]4[C@@H]5[C@]1(C2)C1=C3CNC(=C1)NCSSC[C@]12C(=O)c3c(cccc3C(=O)[C@H]1C=C(Cc1cccc(CO)c1)C=C2O)O[C@]12CC[C@@H]4[C@](CO)(O1)[C@@H](O)[C@]5(O)[C@H]2O. The van der Waals surface area contributed by atoms with E-state index in [0.29, 0.717) is 49.6 Å². The van der Waals surface area contributed by atoms with Crippen molar-refractivity contribution in [2.45, 2.75) is 139 Å². The first kappa shape index (κ1) is 53.7. The van der Waals surface area contributed by atoms with Gasteiger partial charge in [0.05, 0.1) is 36.4 Å². The lowest BCUT2D eigenvalue weighted by Gasteiger charge is -2.72. The van der Waals surface area contributed by atoms with Gasteiger partial charge >= 0.3 is 0 Å². The molecule has 6 saturated carbocycles. The van der Waals surface area contributed by atoms with Crippen LogP contribution < -0.4 is 15.4 Å². The van der Waals surface area contributed by atoms with E-state index in [-0.39, 0.29) is 87.1 Å². The van der Waals surface area contributed by atoms with Gasteiger partial charge < -0.3 is 55.5 Å². The highest BCUT2D eigenvalue weighted by Crippen LogP contribution is 2.81. The molecule has 8 N–H and O–H groups in total. The van der Waals surface area contributed by atoms with Crippen LogP contribution in [0.1, 0.15) is 127 Å². The summed E-state index contributed by atoms with van der Waals surface area (Å²) in [6, 6.07) is 23.2. The maximum Gasteiger partial charge on any atom is 0.240 e. The van der Waals surface area contributed by atoms with Gasteiger partial charge in [0.15, 0.2) is 17.7 Å². The normalized spacial score (nSPS) is 44.9. The summed E-state index contributed by atoms with van der Waals surface area (Å²) in [5.41, 5.74) is -0.648. The van der Waals surface area contributed by atoms with Gasteiger partial charge in [-0.05, 0) is 194 Å². The lowest BCUT2D eigenvalue weighted by molar-refractivity contribution is -0.461. The summed E-state index contributed by atoms with van der Waals surface area (Å²) in [7, 11) is 2.88. The van der Waals surface area contributed by atoms with E-state index in [1.807, 2.05) is 24.3 Å². The number of aliphatic hydroxyl groups is 6. The quantitative estimate of drug-likeness (QED) is 0.0819. The van der Waals surface area contributed by atoms with Crippen LogP contribution in [0.4, 0.5) is 0 Å². The van der Waals surface area contributed by atoms with E-state index in [2.05, 4.69) is 47.0 Å². The number of carbonyl (C=O) groups excluding carboxylic acids is 3. The van der Waals surface area contributed by atoms with Crippen molar-refractivity contribution in [3.8, 4) is 5.75 Å². The Morgan fingerprint density at radius 3 is 2.46 bits per heavy atom. The number of hydrogen-bond donors (Lipinski definition) is 8. The molecule has 18 atom stereocenters. The van der Waals surface area contributed by atoms with Crippen LogP contribution in [-0.4, -0.2) is 102 Å². The molecule has 4 heterocycles. The van der Waals surface area contributed by atoms with Crippen LogP contribution in [0, 0.1) is 74.4 Å². The van der Waals surface area contributed by atoms with Crippen molar-refractivity contribution < 1.29 is 54.5 Å². The molecule has 2 saturated heterocycles. The zero-order valence-corrected chi connectivity index (χ0v) is 48.5. The molecule has 13 nitrogen and oxygen atoms in total. The minimum absolute atomic E-state index is 0.00997. The lowest BCUT2D eigenvalue weighted by atomic mass is 9.42. The van der Waals surface area contributed by atoms with E-state index >= 15 is 9.59 Å². The van der Waals surface area contributed by atoms with E-state index in [4.69, 9.17) is 9.47 Å². The first-order valence-electron chi connectivity index (χ1n) is 30.9. The molecule has 0 aromatic heterocycles. The van der Waals surface area contributed by atoms with E-state index in [1.54, 1.807) is 30.4 Å². The van der Waals surface area contributed by atoms with Crippen molar-refractivity contribution in [1.82, 2.24) is 10.6 Å². The Balaban J connectivity index is 0.811. The van der Waals surface area contributed by atoms with Gasteiger partial charge in [0.1, 0.15) is 40.5 Å². The zero-order valence-electron chi connectivity index (χ0n) is 46.9. The first-order chi connectivity index (χ1) is 40.1. The minimum atomic E-state index is -2.33. The fourth-order valence-electron chi connectivity index (χ4n) is 22.2. The highest BCUT2D eigenvalue weighted by Gasteiger charge is 2.84. The van der Waals surface area contributed by atoms with E-state index in [9.17, 15) is 35.4 Å². The molecule has 3 aromatic carbocycles. The summed E-state index contributed by atoms with van der Waals surface area (Å²) in [5, 5.41) is 83.5. The van der Waals surface area contributed by atoms with Gasteiger partial charge in [-0.1, -0.05) is 94.4 Å². The predicted octanol–water partition coefficient (Wildman–Crippen LogP) is 9.03. The molecule has 10 aliphatic carbocycles. The number of ether oxygens (including phenoxy) is 2. The average Bonchev–Trinajstić information content (AvgIpc) is 1.71. The molecule has 14 aliphatic rings. The molecule has 6 spiro atoms. The highest BCUT2D eigenvalue weighted by atomic mass is 33.1. The third-order valence-electron chi connectivity index (χ3n) is 24.9. The van der Waals surface area contributed by atoms with Crippen molar-refractivity contribution in [3.05, 3.63) is 147 Å². The number of nitrogens with one attached hydrogen (secondary N) is 2. The van der Waals surface area contributed by atoms with Crippen molar-refractivity contribution in [3.63, 3.8) is 0 Å². The Morgan fingerprint density at radius 1 is 0.807 bits per heavy atom. The van der Waals surface area contributed by atoms with Crippen molar-refractivity contribution in [1.29, 1.82) is 0 Å². The number of rotatable bonds is 7. The molecule has 0 amide bonds. The van der Waals surface area contributed by atoms with Crippen LogP contribution in [0.15, 0.2) is 119 Å². The van der Waals surface area contributed by atoms with Gasteiger partial charge in [0, 0.05) is 41.5 Å². The van der Waals surface area contributed by atoms with Gasteiger partial charge in [0.25, 0.3) is 0 Å². The summed E-state index contributed by atoms with van der Waals surface area (Å²) in [5.74, 6) is -4.15. The summed E-state index contributed by atoms with van der Waals surface area (Å²) < 4.78 is 14.3. The second-order valence-electron chi connectivity index (χ2n) is 28.7. The number of aliphatic hydroxyl groups excluding tert-OH is 5. The molecule has 10 bridgehead atoms. The van der Waals surface area contributed by atoms with Crippen molar-refractivity contribution in [2.24, 2.45) is 74.4 Å². The van der Waals surface area contributed by atoms with Crippen LogP contribution in [-0.2, 0) is 29.0 Å². The van der Waals surface area contributed by atoms with E-state index in [0.717, 1.165) is 67.5 Å². The number of benzene rings is 3. The maximum atomic E-state index is 15.9. The summed E-state index contributed by atoms with van der Waals surface area (Å²) in [6.07, 6.45) is 17.0. The number of dihydropyridines is 1. The van der Waals surface area contributed by atoms with Gasteiger partial charge in [-0.25, -0.2) is 0 Å². The van der Waals surface area contributed by atoms with Gasteiger partial charge in [-0.2, -0.15) is 0 Å². The van der Waals surface area contributed by atoms with Gasteiger partial charge in [0.2, 0.25) is 5.79 Å². The van der Waals surface area contributed by atoms with E-state index in [1.165, 1.54) is 64.7 Å².